The van der Waals surface area contributed by atoms with Crippen LogP contribution in [0.15, 0.2) is 86.0 Å². The van der Waals surface area contributed by atoms with E-state index in [0.717, 1.165) is 23.2 Å². The van der Waals surface area contributed by atoms with E-state index in [2.05, 4.69) is 59.3 Å². The largest absolute Gasteiger partial charge is 0.468 e. The Kier molecular flexibility index (Phi) is 8.54. The number of benzene rings is 1. The summed E-state index contributed by atoms with van der Waals surface area (Å²) in [6.45, 7) is 9.91. The molecule has 8 nitrogen and oxygen atoms in total. The van der Waals surface area contributed by atoms with Crippen LogP contribution in [0.5, 0.6) is 5.75 Å². The molecule has 1 aliphatic carbocycles. The highest BCUT2D eigenvalue weighted by Gasteiger charge is 2.67. The van der Waals surface area contributed by atoms with Gasteiger partial charge in [-0.25, -0.2) is 9.13 Å². The van der Waals surface area contributed by atoms with E-state index in [1.165, 1.54) is 7.11 Å². The molecule has 2 aromatic heterocycles. The zero-order valence-electron chi connectivity index (χ0n) is 22.7. The Morgan fingerprint density at radius 2 is 1.56 bits per heavy atom. The first-order valence-electron chi connectivity index (χ1n) is 13.1. The summed E-state index contributed by atoms with van der Waals surface area (Å²) in [5.41, 5.74) is 1.88. The minimum Gasteiger partial charge on any atom is -0.468 e. The summed E-state index contributed by atoms with van der Waals surface area (Å²) >= 11 is 0. The Labute approximate surface area is 229 Å². The molecule has 0 bridgehead atoms. The zero-order valence-corrected chi connectivity index (χ0v) is 22.7. The van der Waals surface area contributed by atoms with E-state index in [9.17, 15) is 14.4 Å². The van der Waals surface area contributed by atoms with Crippen molar-refractivity contribution in [2.24, 2.45) is 11.3 Å². The third kappa shape index (κ3) is 6.22. The number of aryl methyl sites for hydroxylation is 1. The molecule has 0 spiro atoms. The fourth-order valence-electron chi connectivity index (χ4n) is 4.63. The number of nitrogens with zero attached hydrogens (tertiary/aromatic N) is 3. The number of carbonyl (C=O) groups excluding carboxylic acids is 3. The van der Waals surface area contributed by atoms with Crippen LogP contribution < -0.4 is 13.9 Å². The van der Waals surface area contributed by atoms with Crippen LogP contribution in [0.4, 0.5) is 0 Å². The summed E-state index contributed by atoms with van der Waals surface area (Å²) < 4.78 is 14.5. The number of pyridine rings is 2. The number of amides is 1. The van der Waals surface area contributed by atoms with Gasteiger partial charge in [0.25, 0.3) is 0 Å². The van der Waals surface area contributed by atoms with E-state index in [0.29, 0.717) is 31.8 Å². The fraction of sp³-hybridized carbons (Fsp3) is 0.323. The molecular formula is C31H35N3O5+2. The average molecular weight is 530 g/mol. The molecule has 1 saturated carbocycles. The third-order valence-electron chi connectivity index (χ3n) is 7.27. The number of carbonyl (C=O) groups is 3. The molecule has 0 N–H and O–H groups in total. The van der Waals surface area contributed by atoms with Gasteiger partial charge in [-0.2, -0.15) is 0 Å². The van der Waals surface area contributed by atoms with Crippen molar-refractivity contribution in [3.63, 3.8) is 0 Å². The molecule has 39 heavy (non-hydrogen) atoms. The Hall–Kier alpha value is -4.33. The Morgan fingerprint density at radius 3 is 2.05 bits per heavy atom. The number of hydrogen-bond donors (Lipinski definition) is 0. The maximum absolute atomic E-state index is 12.7. The number of rotatable bonds is 11. The topological polar surface area (TPSA) is 80.7 Å². The van der Waals surface area contributed by atoms with E-state index >= 15 is 0 Å². The Balaban J connectivity index is 1.33. The first-order valence-corrected chi connectivity index (χ1v) is 13.1. The number of methoxy groups -OCH3 is 1. The van der Waals surface area contributed by atoms with Gasteiger partial charge < -0.3 is 14.4 Å². The van der Waals surface area contributed by atoms with Gasteiger partial charge in [-0.3, -0.25) is 14.4 Å². The summed E-state index contributed by atoms with van der Waals surface area (Å²) in [7, 11) is 1.25. The lowest BCUT2D eigenvalue weighted by molar-refractivity contribution is -0.696. The second-order valence-electron chi connectivity index (χ2n) is 9.73. The monoisotopic (exact) mass is 529 g/mol. The van der Waals surface area contributed by atoms with Gasteiger partial charge in [-0.1, -0.05) is 18.2 Å². The van der Waals surface area contributed by atoms with Gasteiger partial charge in [0, 0.05) is 43.7 Å². The molecule has 1 aromatic carbocycles. The van der Waals surface area contributed by atoms with Crippen LogP contribution in [0.1, 0.15) is 25.8 Å². The first kappa shape index (κ1) is 27.7. The number of allylic oxidation sites excluding steroid dienone is 1. The van der Waals surface area contributed by atoms with Gasteiger partial charge in [-0.15, -0.1) is 6.58 Å². The molecule has 4 rings (SSSR count). The summed E-state index contributed by atoms with van der Waals surface area (Å²) in [6, 6.07) is 15.3. The SMILES string of the molecule is C=CC1CC1(C(=O)OC)C(=O)Oc1ccc(CN(CC[n+]2ccc(-c3cc[n+](CC)cc3)cc2)C(C)=O)cc1. The fourth-order valence-corrected chi connectivity index (χ4v) is 4.63. The molecule has 0 saturated heterocycles. The third-order valence-corrected chi connectivity index (χ3v) is 7.27. The summed E-state index contributed by atoms with van der Waals surface area (Å²) in [5.74, 6) is -1.24. The van der Waals surface area contributed by atoms with Gasteiger partial charge in [0.05, 0.1) is 13.7 Å². The zero-order chi connectivity index (χ0) is 28.0. The summed E-state index contributed by atoms with van der Waals surface area (Å²) in [5, 5.41) is 0. The predicted octanol–water partition coefficient (Wildman–Crippen LogP) is 3.27. The second-order valence-corrected chi connectivity index (χ2v) is 9.73. The highest BCUT2D eigenvalue weighted by Crippen LogP contribution is 2.55. The maximum atomic E-state index is 12.7. The van der Waals surface area contributed by atoms with Crippen molar-refractivity contribution >= 4 is 17.8 Å². The smallest absolute Gasteiger partial charge is 0.329 e. The highest BCUT2D eigenvalue weighted by molar-refractivity contribution is 6.05. The van der Waals surface area contributed by atoms with Crippen molar-refractivity contribution in [3.05, 3.63) is 91.5 Å². The first-order chi connectivity index (χ1) is 18.8. The molecule has 2 atom stereocenters. The minimum absolute atomic E-state index is 0.0274. The molecule has 1 amide bonds. The van der Waals surface area contributed by atoms with Crippen LogP contribution in [0.25, 0.3) is 11.1 Å². The summed E-state index contributed by atoms with van der Waals surface area (Å²) in [6.07, 6.45) is 10.1. The molecule has 2 unspecified atom stereocenters. The number of ether oxygens (including phenoxy) is 2. The Morgan fingerprint density at radius 1 is 0.974 bits per heavy atom. The van der Waals surface area contributed by atoms with Crippen LogP contribution in [-0.4, -0.2) is 36.4 Å². The minimum atomic E-state index is -1.31. The number of aromatic nitrogens is 2. The van der Waals surface area contributed by atoms with Crippen LogP contribution in [0.3, 0.4) is 0 Å². The van der Waals surface area contributed by atoms with Gasteiger partial charge >= 0.3 is 11.9 Å². The summed E-state index contributed by atoms with van der Waals surface area (Å²) in [4.78, 5) is 39.0. The van der Waals surface area contributed by atoms with E-state index in [4.69, 9.17) is 9.47 Å². The molecule has 3 aromatic rings. The molecular weight excluding hydrogens is 494 g/mol. The maximum Gasteiger partial charge on any atom is 0.329 e. The van der Waals surface area contributed by atoms with Crippen LogP contribution in [0.2, 0.25) is 0 Å². The predicted molar refractivity (Wildman–Crippen MR) is 144 cm³/mol. The van der Waals surface area contributed by atoms with Crippen LogP contribution >= 0.6 is 0 Å². The van der Waals surface area contributed by atoms with E-state index < -0.39 is 17.4 Å². The van der Waals surface area contributed by atoms with Crippen LogP contribution in [0, 0.1) is 11.3 Å². The van der Waals surface area contributed by atoms with E-state index in [1.54, 1.807) is 30.0 Å². The van der Waals surface area contributed by atoms with Crippen molar-refractivity contribution < 1.29 is 33.0 Å². The van der Waals surface area contributed by atoms with Crippen molar-refractivity contribution in [3.8, 4) is 16.9 Å². The van der Waals surface area contributed by atoms with Gasteiger partial charge in [0.15, 0.2) is 36.7 Å². The standard InChI is InChI=1S/C31H35N3O5/c1-5-27-21-31(27,29(36)38-4)30(37)39-28-9-7-24(8-10-28)22-34(23(3)35)20-19-33-17-13-26(14-18-33)25-11-15-32(6-2)16-12-25/h5,7-18,27H,1,6,19-22H2,2-4H3/q+2. The molecule has 0 aliphatic heterocycles. The normalized spacial score (nSPS) is 17.7. The molecule has 1 aliphatic rings. The van der Waals surface area contributed by atoms with Crippen molar-refractivity contribution in [1.29, 1.82) is 0 Å². The van der Waals surface area contributed by atoms with E-state index in [-0.39, 0.29) is 11.8 Å². The molecule has 8 heteroatoms. The molecule has 2 heterocycles. The Bertz CT molecular complexity index is 1340. The lowest BCUT2D eigenvalue weighted by Gasteiger charge is -2.20. The molecule has 1 fully saturated rings. The molecule has 202 valence electrons. The lowest BCUT2D eigenvalue weighted by atomic mass is 10.0. The van der Waals surface area contributed by atoms with Crippen molar-refractivity contribution in [2.45, 2.75) is 39.9 Å². The van der Waals surface area contributed by atoms with Gasteiger partial charge in [-0.05, 0) is 42.2 Å². The highest BCUT2D eigenvalue weighted by atomic mass is 16.6. The van der Waals surface area contributed by atoms with Crippen molar-refractivity contribution in [2.75, 3.05) is 13.7 Å². The van der Waals surface area contributed by atoms with Crippen molar-refractivity contribution in [1.82, 2.24) is 4.90 Å². The lowest BCUT2D eigenvalue weighted by Crippen LogP contribution is -2.41. The van der Waals surface area contributed by atoms with Gasteiger partial charge in [0.2, 0.25) is 5.91 Å². The second kappa shape index (κ2) is 12.0. The van der Waals surface area contributed by atoms with Crippen LogP contribution in [-0.2, 0) is 38.8 Å². The van der Waals surface area contributed by atoms with E-state index in [1.807, 2.05) is 24.5 Å². The van der Waals surface area contributed by atoms with Gasteiger partial charge in [0.1, 0.15) is 12.3 Å². The quantitative estimate of drug-likeness (QED) is 0.125. The number of esters is 2. The molecule has 0 radical (unpaired) electrons. The number of hydrogen-bond acceptors (Lipinski definition) is 5. The average Bonchev–Trinajstić information content (AvgIpc) is 3.72.